The lowest BCUT2D eigenvalue weighted by Gasteiger charge is -2.10. The molecule has 0 amide bonds. The van der Waals surface area contributed by atoms with Crippen molar-refractivity contribution in [1.29, 1.82) is 5.26 Å². The van der Waals surface area contributed by atoms with Crippen LogP contribution in [-0.4, -0.2) is 9.97 Å². The van der Waals surface area contributed by atoms with E-state index in [2.05, 4.69) is 35.2 Å². The normalized spacial score (nSPS) is 9.71. The van der Waals surface area contributed by atoms with Crippen molar-refractivity contribution in [2.24, 2.45) is 0 Å². The fraction of sp³-hybridized carbons (Fsp3) is 0.154. The molecule has 0 saturated heterocycles. The minimum Gasteiger partial charge on any atom is -0.339 e. The van der Waals surface area contributed by atoms with E-state index in [1.165, 1.54) is 17.3 Å². The first-order valence-electron chi connectivity index (χ1n) is 5.26. The first-order chi connectivity index (χ1) is 8.20. The Bertz CT molecular complexity index is 567. The maximum atomic E-state index is 8.63. The van der Waals surface area contributed by atoms with Crippen molar-refractivity contribution in [2.75, 3.05) is 5.32 Å². The molecular formula is C13H12N4. The van der Waals surface area contributed by atoms with Crippen LogP contribution >= 0.6 is 0 Å². The van der Waals surface area contributed by atoms with Crippen molar-refractivity contribution < 1.29 is 0 Å². The Morgan fingerprint density at radius 3 is 2.65 bits per heavy atom. The molecule has 84 valence electrons. The molecule has 0 radical (unpaired) electrons. The predicted octanol–water partition coefficient (Wildman–Crippen LogP) is 2.71. The lowest BCUT2D eigenvalue weighted by molar-refractivity contribution is 1.16. The van der Waals surface area contributed by atoms with Crippen molar-refractivity contribution in [3.05, 3.63) is 47.4 Å². The number of anilines is 2. The lowest BCUT2D eigenvalue weighted by atomic mass is 10.1. The third-order valence-corrected chi connectivity index (χ3v) is 2.63. The molecule has 2 rings (SSSR count). The highest BCUT2D eigenvalue weighted by Crippen LogP contribution is 2.21. The van der Waals surface area contributed by atoms with Crippen LogP contribution in [0, 0.1) is 25.2 Å². The van der Waals surface area contributed by atoms with Crippen LogP contribution in [0.25, 0.3) is 0 Å². The summed E-state index contributed by atoms with van der Waals surface area (Å²) in [4.78, 5) is 8.08. The minimum absolute atomic E-state index is 0.316. The Labute approximate surface area is 100.0 Å². The number of aryl methyl sites for hydroxylation is 1. The molecule has 0 unspecified atom stereocenters. The number of benzene rings is 1. The van der Waals surface area contributed by atoms with Gasteiger partial charge in [-0.15, -0.1) is 0 Å². The number of nitrogens with one attached hydrogen (secondary N) is 1. The van der Waals surface area contributed by atoms with E-state index in [0.29, 0.717) is 11.5 Å². The zero-order valence-electron chi connectivity index (χ0n) is 9.73. The summed E-state index contributed by atoms with van der Waals surface area (Å²) < 4.78 is 0. The summed E-state index contributed by atoms with van der Waals surface area (Å²) in [6.45, 7) is 4.11. The van der Waals surface area contributed by atoms with Gasteiger partial charge in [-0.3, -0.25) is 0 Å². The monoisotopic (exact) mass is 224 g/mol. The van der Waals surface area contributed by atoms with E-state index < -0.39 is 0 Å². The molecule has 17 heavy (non-hydrogen) atoms. The van der Waals surface area contributed by atoms with Gasteiger partial charge in [-0.05, 0) is 31.0 Å². The summed E-state index contributed by atoms with van der Waals surface area (Å²) in [5.41, 5.74) is 3.72. The molecule has 1 N–H and O–H groups in total. The number of aromatic nitrogens is 2. The summed E-state index contributed by atoms with van der Waals surface area (Å²) in [6.07, 6.45) is 3.01. The van der Waals surface area contributed by atoms with E-state index >= 15 is 0 Å². The van der Waals surface area contributed by atoms with Crippen LogP contribution in [0.5, 0.6) is 0 Å². The molecule has 4 nitrogen and oxygen atoms in total. The van der Waals surface area contributed by atoms with Crippen molar-refractivity contribution >= 4 is 11.5 Å². The smallest absolute Gasteiger partial charge is 0.158 e. The molecular weight excluding hydrogens is 212 g/mol. The van der Waals surface area contributed by atoms with Gasteiger partial charge in [0.1, 0.15) is 11.9 Å². The van der Waals surface area contributed by atoms with Gasteiger partial charge in [0.15, 0.2) is 5.69 Å². The van der Waals surface area contributed by atoms with E-state index in [1.807, 2.05) is 18.2 Å². The summed E-state index contributed by atoms with van der Waals surface area (Å²) in [6, 6.07) is 7.97. The molecule has 0 bridgehead atoms. The molecule has 0 spiro atoms. The minimum atomic E-state index is 0.316. The second-order valence-corrected chi connectivity index (χ2v) is 3.77. The van der Waals surface area contributed by atoms with Gasteiger partial charge >= 0.3 is 0 Å². The summed E-state index contributed by atoms with van der Waals surface area (Å²) in [7, 11) is 0. The standard InChI is InChI=1S/C13H12N4/c1-9-4-3-5-12(10(9)2)17-13-8-15-11(6-14)7-16-13/h3-5,7-8H,1-2H3,(H,16,17). The van der Waals surface area contributed by atoms with Gasteiger partial charge in [0, 0.05) is 5.69 Å². The molecule has 4 heteroatoms. The Hall–Kier alpha value is -2.41. The fourth-order valence-corrected chi connectivity index (χ4v) is 1.47. The van der Waals surface area contributed by atoms with Crippen LogP contribution in [0.1, 0.15) is 16.8 Å². The number of nitriles is 1. The second kappa shape index (κ2) is 4.62. The van der Waals surface area contributed by atoms with Crippen molar-refractivity contribution in [2.45, 2.75) is 13.8 Å². The largest absolute Gasteiger partial charge is 0.339 e. The highest BCUT2D eigenvalue weighted by molar-refractivity contribution is 5.61. The fourth-order valence-electron chi connectivity index (χ4n) is 1.47. The SMILES string of the molecule is Cc1cccc(Nc2cnc(C#N)cn2)c1C. The third kappa shape index (κ3) is 2.40. The van der Waals surface area contributed by atoms with Gasteiger partial charge in [0.2, 0.25) is 0 Å². The zero-order valence-corrected chi connectivity index (χ0v) is 9.73. The van der Waals surface area contributed by atoms with Crippen LogP contribution in [0.4, 0.5) is 11.5 Å². The van der Waals surface area contributed by atoms with E-state index in [-0.39, 0.29) is 0 Å². The van der Waals surface area contributed by atoms with Gasteiger partial charge in [0.05, 0.1) is 12.4 Å². The Balaban J connectivity index is 2.26. The molecule has 0 fully saturated rings. The first kappa shape index (κ1) is 11.1. The average molecular weight is 224 g/mol. The number of nitrogens with zero attached hydrogens (tertiary/aromatic N) is 3. The van der Waals surface area contributed by atoms with Crippen molar-refractivity contribution in [3.63, 3.8) is 0 Å². The van der Waals surface area contributed by atoms with Crippen LogP contribution in [0.2, 0.25) is 0 Å². The van der Waals surface area contributed by atoms with Gasteiger partial charge in [-0.2, -0.15) is 5.26 Å². The maximum Gasteiger partial charge on any atom is 0.158 e. The Morgan fingerprint density at radius 1 is 1.18 bits per heavy atom. The van der Waals surface area contributed by atoms with Crippen molar-refractivity contribution in [1.82, 2.24) is 9.97 Å². The van der Waals surface area contributed by atoms with Gasteiger partial charge in [0.25, 0.3) is 0 Å². The van der Waals surface area contributed by atoms with E-state index in [9.17, 15) is 0 Å². The lowest BCUT2D eigenvalue weighted by Crippen LogP contribution is -1.98. The molecule has 0 aliphatic carbocycles. The highest BCUT2D eigenvalue weighted by atomic mass is 15.0. The third-order valence-electron chi connectivity index (χ3n) is 2.63. The summed E-state index contributed by atoms with van der Waals surface area (Å²) in [5, 5.41) is 11.8. The molecule has 2 aromatic rings. The molecule has 0 aliphatic heterocycles. The van der Waals surface area contributed by atoms with Crippen LogP contribution in [0.3, 0.4) is 0 Å². The van der Waals surface area contributed by atoms with Crippen LogP contribution in [-0.2, 0) is 0 Å². The molecule has 0 atom stereocenters. The number of hydrogen-bond donors (Lipinski definition) is 1. The molecule has 1 aromatic carbocycles. The Morgan fingerprint density at radius 2 is 2.00 bits per heavy atom. The molecule has 0 saturated carbocycles. The van der Waals surface area contributed by atoms with Crippen LogP contribution in [0.15, 0.2) is 30.6 Å². The van der Waals surface area contributed by atoms with E-state index in [1.54, 1.807) is 6.20 Å². The zero-order chi connectivity index (χ0) is 12.3. The van der Waals surface area contributed by atoms with Gasteiger partial charge in [-0.1, -0.05) is 12.1 Å². The average Bonchev–Trinajstić information content (AvgIpc) is 2.36. The van der Waals surface area contributed by atoms with E-state index in [4.69, 9.17) is 5.26 Å². The topological polar surface area (TPSA) is 61.6 Å². The predicted molar refractivity (Wildman–Crippen MR) is 65.9 cm³/mol. The quantitative estimate of drug-likeness (QED) is 0.851. The highest BCUT2D eigenvalue weighted by Gasteiger charge is 2.02. The molecule has 1 heterocycles. The summed E-state index contributed by atoms with van der Waals surface area (Å²) >= 11 is 0. The molecule has 1 aromatic heterocycles. The van der Waals surface area contributed by atoms with Gasteiger partial charge < -0.3 is 5.32 Å². The Kier molecular flexibility index (Phi) is 3.01. The second-order valence-electron chi connectivity index (χ2n) is 3.77. The summed E-state index contributed by atoms with van der Waals surface area (Å²) in [5.74, 6) is 0.637. The first-order valence-corrected chi connectivity index (χ1v) is 5.26. The van der Waals surface area contributed by atoms with Crippen LogP contribution < -0.4 is 5.32 Å². The molecule has 0 aliphatic rings. The number of hydrogen-bond acceptors (Lipinski definition) is 4. The maximum absolute atomic E-state index is 8.63. The van der Waals surface area contributed by atoms with Gasteiger partial charge in [-0.25, -0.2) is 9.97 Å². The number of rotatable bonds is 2. The van der Waals surface area contributed by atoms with Crippen molar-refractivity contribution in [3.8, 4) is 6.07 Å². The van der Waals surface area contributed by atoms with E-state index in [0.717, 1.165) is 5.69 Å².